The number of hydroxylamine groups is 1. The largest absolute Gasteiger partial charge is 0.325 e. The first-order chi connectivity index (χ1) is 12.6. The molecular weight excluding hydrogens is 452 g/mol. The average molecular weight is 473 g/mol. The molecule has 0 fully saturated rings. The van der Waals surface area contributed by atoms with Crippen molar-refractivity contribution in [2.75, 3.05) is 25.2 Å². The number of hydrogen-bond acceptors (Lipinski definition) is 5. The Morgan fingerprint density at radius 1 is 1.19 bits per heavy atom. The minimum absolute atomic E-state index is 0.0835. The fourth-order valence-electron chi connectivity index (χ4n) is 2.21. The molecule has 0 atom stereocenters. The van der Waals surface area contributed by atoms with E-state index in [-0.39, 0.29) is 16.6 Å². The van der Waals surface area contributed by atoms with Crippen LogP contribution in [0.3, 0.4) is 0 Å². The number of nitrogens with one attached hydrogen (secondary N) is 1. The molecule has 0 spiro atoms. The van der Waals surface area contributed by atoms with Crippen LogP contribution < -0.4 is 5.32 Å². The van der Waals surface area contributed by atoms with Crippen LogP contribution in [0, 0.1) is 13.8 Å². The number of carbonyl (C=O) groups excluding carboxylic acids is 1. The normalized spacial score (nSPS) is 11.6. The van der Waals surface area contributed by atoms with Crippen LogP contribution in [0.25, 0.3) is 0 Å². The second-order valence-electron chi connectivity index (χ2n) is 5.83. The van der Waals surface area contributed by atoms with Gasteiger partial charge < -0.3 is 5.32 Å². The minimum atomic E-state index is -3.70. The summed E-state index contributed by atoms with van der Waals surface area (Å²) < 4.78 is 26.1. The highest BCUT2D eigenvalue weighted by Gasteiger charge is 2.20. The molecule has 6 nitrogen and oxygen atoms in total. The zero-order chi connectivity index (χ0) is 20.2. The molecule has 2 rings (SSSR count). The van der Waals surface area contributed by atoms with Crippen LogP contribution in [0.15, 0.2) is 50.7 Å². The van der Waals surface area contributed by atoms with Crippen molar-refractivity contribution in [3.05, 3.63) is 52.0 Å². The van der Waals surface area contributed by atoms with E-state index in [1.54, 1.807) is 12.1 Å². The molecule has 0 aliphatic carbocycles. The van der Waals surface area contributed by atoms with Crippen molar-refractivity contribution >= 4 is 49.3 Å². The van der Waals surface area contributed by atoms with Crippen molar-refractivity contribution in [3.63, 3.8) is 0 Å². The Balaban J connectivity index is 1.99. The lowest BCUT2D eigenvalue weighted by molar-refractivity contribution is -0.113. The number of halogens is 1. The first-order valence-corrected chi connectivity index (χ1v) is 11.2. The van der Waals surface area contributed by atoms with Crippen molar-refractivity contribution in [2.45, 2.75) is 23.6 Å². The number of rotatable bonds is 7. The fourth-order valence-corrected chi connectivity index (χ4v) is 4.54. The Morgan fingerprint density at radius 3 is 2.41 bits per heavy atom. The molecule has 1 N–H and O–H groups in total. The molecule has 0 saturated carbocycles. The first kappa shape index (κ1) is 21.9. The third kappa shape index (κ3) is 5.55. The monoisotopic (exact) mass is 472 g/mol. The summed E-state index contributed by atoms with van der Waals surface area (Å²) in [6, 6.07) is 10.0. The van der Waals surface area contributed by atoms with Crippen LogP contribution in [-0.2, 0) is 19.7 Å². The summed E-state index contributed by atoms with van der Waals surface area (Å²) in [5, 5.41) is 2.77. The highest BCUT2D eigenvalue weighted by molar-refractivity contribution is 9.10. The summed E-state index contributed by atoms with van der Waals surface area (Å²) >= 11 is 4.96. The predicted molar refractivity (Wildman–Crippen MR) is 111 cm³/mol. The van der Waals surface area contributed by atoms with Gasteiger partial charge in [0.2, 0.25) is 5.91 Å². The number of aryl methyl sites for hydroxylation is 2. The minimum Gasteiger partial charge on any atom is -0.325 e. The standard InChI is InChI=1S/C18H21BrN2O4S2/c1-12-10-17(13(2)9-16(12)19)26-11-18(22)20-14-5-7-15(8-6-14)27(23,24)21(3)25-4/h5-10H,11H2,1-4H3,(H,20,22). The Morgan fingerprint density at radius 2 is 1.81 bits per heavy atom. The summed E-state index contributed by atoms with van der Waals surface area (Å²) in [7, 11) is -1.11. The van der Waals surface area contributed by atoms with Crippen molar-refractivity contribution in [2.24, 2.45) is 0 Å². The number of amides is 1. The maximum absolute atomic E-state index is 12.2. The Bertz CT molecular complexity index is 931. The van der Waals surface area contributed by atoms with Crippen molar-refractivity contribution < 1.29 is 18.0 Å². The summed E-state index contributed by atoms with van der Waals surface area (Å²) in [4.78, 5) is 18.1. The van der Waals surface area contributed by atoms with Crippen molar-refractivity contribution in [3.8, 4) is 0 Å². The molecule has 0 aromatic heterocycles. The quantitative estimate of drug-likeness (QED) is 0.487. The van der Waals surface area contributed by atoms with Crippen LogP contribution in [0.2, 0.25) is 0 Å². The lowest BCUT2D eigenvalue weighted by Crippen LogP contribution is -2.25. The van der Waals surface area contributed by atoms with Crippen molar-refractivity contribution in [1.82, 2.24) is 4.47 Å². The molecule has 0 bridgehead atoms. The van der Waals surface area contributed by atoms with Gasteiger partial charge in [-0.15, -0.1) is 11.8 Å². The highest BCUT2D eigenvalue weighted by Crippen LogP contribution is 2.28. The lowest BCUT2D eigenvalue weighted by Gasteiger charge is -2.14. The van der Waals surface area contributed by atoms with E-state index in [9.17, 15) is 13.2 Å². The lowest BCUT2D eigenvalue weighted by atomic mass is 10.2. The summed E-state index contributed by atoms with van der Waals surface area (Å²) in [6.45, 7) is 4.00. The van der Waals surface area contributed by atoms with E-state index in [1.807, 2.05) is 26.0 Å². The van der Waals surface area contributed by atoms with E-state index < -0.39 is 10.0 Å². The van der Waals surface area contributed by atoms with Gasteiger partial charge in [0.15, 0.2) is 0 Å². The van der Waals surface area contributed by atoms with E-state index >= 15 is 0 Å². The molecule has 0 saturated heterocycles. The maximum atomic E-state index is 12.2. The molecule has 1 amide bonds. The van der Waals surface area contributed by atoms with E-state index in [2.05, 4.69) is 21.2 Å². The topological polar surface area (TPSA) is 75.7 Å². The van der Waals surface area contributed by atoms with Gasteiger partial charge in [0, 0.05) is 22.1 Å². The van der Waals surface area contributed by atoms with Gasteiger partial charge in [-0.25, -0.2) is 8.42 Å². The van der Waals surface area contributed by atoms with Gasteiger partial charge in [-0.05, 0) is 61.4 Å². The van der Waals surface area contributed by atoms with Gasteiger partial charge in [0.25, 0.3) is 10.0 Å². The zero-order valence-electron chi connectivity index (χ0n) is 15.4. The van der Waals surface area contributed by atoms with Gasteiger partial charge >= 0.3 is 0 Å². The number of benzene rings is 2. The van der Waals surface area contributed by atoms with Crippen molar-refractivity contribution in [1.29, 1.82) is 0 Å². The number of sulfonamides is 1. The van der Waals surface area contributed by atoms with Crippen LogP contribution in [0.1, 0.15) is 11.1 Å². The predicted octanol–water partition coefficient (Wildman–Crippen LogP) is 3.98. The SMILES string of the molecule is CON(C)S(=O)(=O)c1ccc(NC(=O)CSc2cc(C)c(Br)cc2C)cc1. The number of anilines is 1. The third-order valence-electron chi connectivity index (χ3n) is 3.85. The van der Waals surface area contributed by atoms with Gasteiger partial charge in [-0.2, -0.15) is 0 Å². The van der Waals surface area contributed by atoms with Crippen LogP contribution >= 0.6 is 27.7 Å². The molecule has 0 radical (unpaired) electrons. The molecule has 9 heteroatoms. The maximum Gasteiger partial charge on any atom is 0.264 e. The Hall–Kier alpha value is -1.39. The van der Waals surface area contributed by atoms with Gasteiger partial charge in [-0.3, -0.25) is 9.63 Å². The second-order valence-corrected chi connectivity index (χ2v) is 9.63. The van der Waals surface area contributed by atoms with E-state index in [0.29, 0.717) is 5.69 Å². The molecular formula is C18H21BrN2O4S2. The van der Waals surface area contributed by atoms with Crippen LogP contribution in [0.5, 0.6) is 0 Å². The molecule has 2 aromatic rings. The zero-order valence-corrected chi connectivity index (χ0v) is 18.7. The molecule has 27 heavy (non-hydrogen) atoms. The van der Waals surface area contributed by atoms with Crippen LogP contribution in [0.4, 0.5) is 5.69 Å². The first-order valence-electron chi connectivity index (χ1n) is 7.97. The molecule has 0 unspecified atom stereocenters. The third-order valence-corrected chi connectivity index (χ3v) is 7.55. The van der Waals surface area contributed by atoms with E-state index in [4.69, 9.17) is 4.84 Å². The fraction of sp³-hybridized carbons (Fsp3) is 0.278. The van der Waals surface area contributed by atoms with Gasteiger partial charge in [-0.1, -0.05) is 20.4 Å². The highest BCUT2D eigenvalue weighted by atomic mass is 79.9. The van der Waals surface area contributed by atoms with E-state index in [1.165, 1.54) is 38.1 Å². The number of thioether (sulfide) groups is 1. The van der Waals surface area contributed by atoms with Gasteiger partial charge in [0.1, 0.15) is 0 Å². The molecule has 0 aliphatic heterocycles. The molecule has 2 aromatic carbocycles. The average Bonchev–Trinajstić information content (AvgIpc) is 2.63. The second kappa shape index (κ2) is 9.20. The molecule has 0 heterocycles. The van der Waals surface area contributed by atoms with Gasteiger partial charge in [0.05, 0.1) is 17.8 Å². The molecule has 0 aliphatic rings. The van der Waals surface area contributed by atoms with E-state index in [0.717, 1.165) is 25.0 Å². The Kier molecular flexibility index (Phi) is 7.47. The summed E-state index contributed by atoms with van der Waals surface area (Å²) in [5.74, 6) is 0.0959. The Labute approximate surface area is 172 Å². The summed E-state index contributed by atoms with van der Waals surface area (Å²) in [6.07, 6.45) is 0. The number of hydrogen-bond donors (Lipinski definition) is 1. The smallest absolute Gasteiger partial charge is 0.264 e. The number of carbonyl (C=O) groups is 1. The summed E-state index contributed by atoms with van der Waals surface area (Å²) in [5.41, 5.74) is 2.74. The van der Waals surface area contributed by atoms with Crippen LogP contribution in [-0.4, -0.2) is 38.7 Å². The number of nitrogens with zero attached hydrogens (tertiary/aromatic N) is 1. The molecule has 146 valence electrons.